The minimum Gasteiger partial charge on any atom is -0.493 e. The van der Waals surface area contributed by atoms with E-state index in [-0.39, 0.29) is 6.61 Å². The molecular weight excluding hydrogens is 400 g/mol. The van der Waals surface area contributed by atoms with Crippen molar-refractivity contribution in [2.24, 2.45) is 0 Å². The van der Waals surface area contributed by atoms with E-state index in [9.17, 15) is 9.59 Å². The van der Waals surface area contributed by atoms with Crippen molar-refractivity contribution in [3.63, 3.8) is 0 Å². The van der Waals surface area contributed by atoms with Gasteiger partial charge >= 0.3 is 11.6 Å². The molecule has 0 aliphatic heterocycles. The Morgan fingerprint density at radius 1 is 1.10 bits per heavy atom. The third kappa shape index (κ3) is 3.86. The number of ether oxygens (including phenoxy) is 3. The van der Waals surface area contributed by atoms with E-state index < -0.39 is 17.7 Å². The molecule has 1 atom stereocenters. The molecule has 31 heavy (non-hydrogen) atoms. The van der Waals surface area contributed by atoms with E-state index in [1.807, 2.05) is 25.1 Å². The number of para-hydroxylation sites is 1. The summed E-state index contributed by atoms with van der Waals surface area (Å²) in [5.74, 6) is 1.12. The second-order valence-corrected chi connectivity index (χ2v) is 7.09. The summed E-state index contributed by atoms with van der Waals surface area (Å²) in [5, 5.41) is 1.46. The number of benzene rings is 2. The molecule has 2 heterocycles. The number of esters is 1. The lowest BCUT2D eigenvalue weighted by Gasteiger charge is -2.16. The highest BCUT2D eigenvalue weighted by Gasteiger charge is 2.20. The first-order valence-corrected chi connectivity index (χ1v) is 9.90. The number of rotatable bonds is 6. The predicted octanol–water partition coefficient (Wildman–Crippen LogP) is 4.85. The van der Waals surface area contributed by atoms with Crippen molar-refractivity contribution in [2.75, 3.05) is 13.7 Å². The normalized spacial score (nSPS) is 12.1. The van der Waals surface area contributed by atoms with E-state index in [4.69, 9.17) is 23.0 Å². The molecule has 0 radical (unpaired) electrons. The van der Waals surface area contributed by atoms with Crippen molar-refractivity contribution in [3.05, 3.63) is 58.4 Å². The Morgan fingerprint density at radius 3 is 2.65 bits per heavy atom. The highest BCUT2D eigenvalue weighted by atomic mass is 16.6. The number of hydrogen-bond donors (Lipinski definition) is 0. The Bertz CT molecular complexity index is 1330. The molecule has 0 bridgehead atoms. The predicted molar refractivity (Wildman–Crippen MR) is 116 cm³/mol. The van der Waals surface area contributed by atoms with Gasteiger partial charge in [-0.25, -0.2) is 9.59 Å². The van der Waals surface area contributed by atoms with E-state index in [1.54, 1.807) is 39.2 Å². The van der Waals surface area contributed by atoms with E-state index in [2.05, 4.69) is 0 Å². The van der Waals surface area contributed by atoms with Crippen LogP contribution in [0, 0.1) is 6.92 Å². The van der Waals surface area contributed by atoms with Gasteiger partial charge in [-0.2, -0.15) is 0 Å². The number of aryl methyl sites for hydroxylation is 1. The maximum atomic E-state index is 12.2. The van der Waals surface area contributed by atoms with E-state index in [1.165, 1.54) is 6.07 Å². The fourth-order valence-corrected chi connectivity index (χ4v) is 3.45. The van der Waals surface area contributed by atoms with Gasteiger partial charge in [0.2, 0.25) is 0 Å². The van der Waals surface area contributed by atoms with Crippen LogP contribution in [-0.2, 0) is 9.53 Å². The Hall–Kier alpha value is -3.74. The van der Waals surface area contributed by atoms with E-state index in [0.717, 1.165) is 10.9 Å². The van der Waals surface area contributed by atoms with E-state index in [0.29, 0.717) is 39.4 Å². The molecular formula is C24H22O7. The number of methoxy groups -OCH3 is 1. The van der Waals surface area contributed by atoms with Gasteiger partial charge in [0, 0.05) is 22.4 Å². The number of carbonyl (C=O) groups is 1. The quantitative estimate of drug-likeness (QED) is 0.324. The first-order valence-electron chi connectivity index (χ1n) is 9.90. The van der Waals surface area contributed by atoms with Gasteiger partial charge in [0.1, 0.15) is 17.1 Å². The SMILES string of the molecule is CCOC(=O)[C@H](C)Oc1cc2c(-c3cc4cccc(OC)c4o3)cc(=O)oc2cc1C. The van der Waals surface area contributed by atoms with Gasteiger partial charge in [0.15, 0.2) is 17.4 Å². The number of furan rings is 1. The topological polar surface area (TPSA) is 88.1 Å². The minimum atomic E-state index is -0.786. The molecule has 0 spiro atoms. The first-order chi connectivity index (χ1) is 14.9. The molecule has 0 aliphatic carbocycles. The average Bonchev–Trinajstić information content (AvgIpc) is 3.18. The summed E-state index contributed by atoms with van der Waals surface area (Å²) in [4.78, 5) is 24.2. The molecule has 0 saturated heterocycles. The molecule has 2 aromatic heterocycles. The standard InChI is InChI=1S/C24H22O7/c1-5-28-24(26)14(3)29-19-11-16-17(12-22(25)30-20(16)9-13(19)2)21-10-15-7-6-8-18(27-4)23(15)31-21/h6-12,14H,5H2,1-4H3/t14-/m0/s1. The number of fused-ring (bicyclic) bond motifs is 2. The van der Waals surface area contributed by atoms with Gasteiger partial charge in [0.05, 0.1) is 13.7 Å². The zero-order valence-corrected chi connectivity index (χ0v) is 17.7. The van der Waals surface area contributed by atoms with Crippen LogP contribution < -0.4 is 15.1 Å². The molecule has 4 aromatic rings. The third-order valence-electron chi connectivity index (χ3n) is 4.96. The van der Waals surface area contributed by atoms with E-state index >= 15 is 0 Å². The molecule has 0 amide bonds. The van der Waals surface area contributed by atoms with Crippen LogP contribution in [0.5, 0.6) is 11.5 Å². The van der Waals surface area contributed by atoms with Gasteiger partial charge in [-0.3, -0.25) is 0 Å². The molecule has 7 nitrogen and oxygen atoms in total. The Morgan fingerprint density at radius 2 is 1.90 bits per heavy atom. The zero-order valence-electron chi connectivity index (χ0n) is 17.7. The van der Waals surface area contributed by atoms with Crippen LogP contribution in [0.1, 0.15) is 19.4 Å². The lowest BCUT2D eigenvalue weighted by molar-refractivity contribution is -0.150. The lowest BCUT2D eigenvalue weighted by atomic mass is 10.0. The van der Waals surface area contributed by atoms with Crippen molar-refractivity contribution in [3.8, 4) is 22.8 Å². The Kier molecular flexibility index (Phi) is 5.42. The Labute approximate surface area is 178 Å². The second kappa shape index (κ2) is 8.18. The third-order valence-corrected chi connectivity index (χ3v) is 4.96. The van der Waals surface area contributed by atoms with Crippen LogP contribution in [0.25, 0.3) is 33.3 Å². The van der Waals surface area contributed by atoms with Gasteiger partial charge in [-0.1, -0.05) is 12.1 Å². The highest BCUT2D eigenvalue weighted by Crippen LogP contribution is 2.37. The highest BCUT2D eigenvalue weighted by molar-refractivity contribution is 5.96. The molecule has 0 fully saturated rings. The van der Waals surface area contributed by atoms with Crippen LogP contribution in [-0.4, -0.2) is 25.8 Å². The van der Waals surface area contributed by atoms with Crippen molar-refractivity contribution >= 4 is 27.9 Å². The van der Waals surface area contributed by atoms with Gasteiger partial charge in [0.25, 0.3) is 0 Å². The van der Waals surface area contributed by atoms with Crippen LogP contribution >= 0.6 is 0 Å². The van der Waals surface area contributed by atoms with Crippen LogP contribution in [0.15, 0.2) is 56.1 Å². The summed E-state index contributed by atoms with van der Waals surface area (Å²) in [6.07, 6.45) is -0.786. The van der Waals surface area contributed by atoms with Gasteiger partial charge < -0.3 is 23.0 Å². The number of carbonyl (C=O) groups excluding carboxylic acids is 1. The first kappa shape index (κ1) is 20.5. The zero-order chi connectivity index (χ0) is 22.1. The summed E-state index contributed by atoms with van der Waals surface area (Å²) in [5.41, 5.74) is 1.75. The largest absolute Gasteiger partial charge is 0.493 e. The molecule has 0 unspecified atom stereocenters. The summed E-state index contributed by atoms with van der Waals surface area (Å²) in [6.45, 7) is 5.45. The monoisotopic (exact) mass is 422 g/mol. The van der Waals surface area contributed by atoms with Gasteiger partial charge in [-0.05, 0) is 50.6 Å². The summed E-state index contributed by atoms with van der Waals surface area (Å²) >= 11 is 0. The lowest BCUT2D eigenvalue weighted by Crippen LogP contribution is -2.26. The van der Waals surface area contributed by atoms with Crippen LogP contribution in [0.3, 0.4) is 0 Å². The Balaban J connectivity index is 1.86. The summed E-state index contributed by atoms with van der Waals surface area (Å²) in [6, 6.07) is 12.2. The van der Waals surface area contributed by atoms with Crippen molar-refractivity contribution in [1.29, 1.82) is 0 Å². The number of hydrogen-bond acceptors (Lipinski definition) is 7. The fraction of sp³-hybridized carbons (Fsp3) is 0.250. The molecule has 0 aliphatic rings. The minimum absolute atomic E-state index is 0.272. The van der Waals surface area contributed by atoms with Crippen molar-refractivity contribution in [1.82, 2.24) is 0 Å². The average molecular weight is 422 g/mol. The molecule has 4 rings (SSSR count). The van der Waals surface area contributed by atoms with Gasteiger partial charge in [-0.15, -0.1) is 0 Å². The molecule has 0 N–H and O–H groups in total. The fourth-order valence-electron chi connectivity index (χ4n) is 3.45. The van der Waals surface area contributed by atoms with Crippen molar-refractivity contribution in [2.45, 2.75) is 26.9 Å². The molecule has 0 saturated carbocycles. The summed E-state index contributed by atoms with van der Waals surface area (Å²) < 4.78 is 27.7. The molecule has 2 aromatic carbocycles. The maximum absolute atomic E-state index is 12.2. The van der Waals surface area contributed by atoms with Crippen molar-refractivity contribution < 1.29 is 27.8 Å². The smallest absolute Gasteiger partial charge is 0.347 e. The maximum Gasteiger partial charge on any atom is 0.347 e. The van der Waals surface area contributed by atoms with Crippen LogP contribution in [0.2, 0.25) is 0 Å². The van der Waals surface area contributed by atoms with Crippen LogP contribution in [0.4, 0.5) is 0 Å². The second-order valence-electron chi connectivity index (χ2n) is 7.09. The summed E-state index contributed by atoms with van der Waals surface area (Å²) in [7, 11) is 1.57. The molecule has 7 heteroatoms. The molecule has 160 valence electrons.